The van der Waals surface area contributed by atoms with Crippen LogP contribution in [0, 0.1) is 0 Å². The first-order valence-corrected chi connectivity index (χ1v) is 9.47. The molecule has 0 aliphatic carbocycles. The zero-order valence-corrected chi connectivity index (χ0v) is 15.0. The first-order chi connectivity index (χ1) is 11.2. The minimum Gasteiger partial charge on any atom is -0.465 e. The molecule has 0 aromatic carbocycles. The Hall–Kier alpha value is -0.840. The monoisotopic (exact) mass is 319 g/mol. The van der Waals surface area contributed by atoms with Crippen molar-refractivity contribution in [3.05, 3.63) is 23.7 Å². The molecular weight excluding hydrogens is 286 g/mol. The van der Waals surface area contributed by atoms with Crippen molar-refractivity contribution >= 4 is 0 Å². The number of rotatable bonds is 6. The SMILES string of the molecule is CCc1ccc(CN2CCCC[C@@H]2CCN2CCN(C)CC2)o1. The summed E-state index contributed by atoms with van der Waals surface area (Å²) in [7, 11) is 2.23. The van der Waals surface area contributed by atoms with Crippen LogP contribution in [0.15, 0.2) is 16.5 Å². The first kappa shape index (κ1) is 17.0. The fraction of sp³-hybridized carbons (Fsp3) is 0.789. The van der Waals surface area contributed by atoms with E-state index in [-0.39, 0.29) is 0 Å². The second kappa shape index (κ2) is 8.32. The van der Waals surface area contributed by atoms with Gasteiger partial charge in [-0.05, 0) is 51.5 Å². The Kier molecular flexibility index (Phi) is 6.15. The molecule has 0 spiro atoms. The number of hydrogen-bond acceptors (Lipinski definition) is 4. The Labute approximate surface area is 141 Å². The van der Waals surface area contributed by atoms with Crippen LogP contribution in [-0.2, 0) is 13.0 Å². The van der Waals surface area contributed by atoms with E-state index in [1.807, 2.05) is 0 Å². The summed E-state index contributed by atoms with van der Waals surface area (Å²) in [6, 6.07) is 5.04. The van der Waals surface area contributed by atoms with Crippen LogP contribution < -0.4 is 0 Å². The van der Waals surface area contributed by atoms with Crippen LogP contribution in [0.1, 0.15) is 44.1 Å². The number of piperazine rings is 1. The van der Waals surface area contributed by atoms with Gasteiger partial charge in [0.2, 0.25) is 0 Å². The van der Waals surface area contributed by atoms with E-state index < -0.39 is 0 Å². The van der Waals surface area contributed by atoms with Crippen LogP contribution >= 0.6 is 0 Å². The van der Waals surface area contributed by atoms with Crippen molar-refractivity contribution in [2.75, 3.05) is 46.3 Å². The van der Waals surface area contributed by atoms with Gasteiger partial charge in [0.1, 0.15) is 11.5 Å². The van der Waals surface area contributed by atoms with E-state index in [2.05, 4.69) is 40.8 Å². The maximum Gasteiger partial charge on any atom is 0.118 e. The average Bonchev–Trinajstić information content (AvgIpc) is 3.03. The predicted octanol–water partition coefficient (Wildman–Crippen LogP) is 2.83. The molecule has 2 aliphatic heterocycles. The fourth-order valence-electron chi connectivity index (χ4n) is 3.90. The van der Waals surface area contributed by atoms with Crippen molar-refractivity contribution in [3.63, 3.8) is 0 Å². The standard InChI is InChI=1S/C19H33N3O/c1-3-18-7-8-19(23-18)16-22-10-5-4-6-17(22)9-11-21-14-12-20(2)13-15-21/h7-8,17H,3-6,9-16H2,1-2H3/t17-/m1/s1. The van der Waals surface area contributed by atoms with Crippen molar-refractivity contribution in [1.82, 2.24) is 14.7 Å². The van der Waals surface area contributed by atoms with Crippen molar-refractivity contribution in [3.8, 4) is 0 Å². The van der Waals surface area contributed by atoms with E-state index in [9.17, 15) is 0 Å². The largest absolute Gasteiger partial charge is 0.465 e. The lowest BCUT2D eigenvalue weighted by atomic mass is 9.98. The van der Waals surface area contributed by atoms with E-state index in [1.54, 1.807) is 0 Å². The number of nitrogens with zero attached hydrogens (tertiary/aromatic N) is 3. The molecule has 2 fully saturated rings. The van der Waals surface area contributed by atoms with E-state index >= 15 is 0 Å². The Bertz CT molecular complexity index is 465. The summed E-state index contributed by atoms with van der Waals surface area (Å²) in [6.45, 7) is 10.6. The molecule has 2 aliphatic rings. The van der Waals surface area contributed by atoms with Crippen LogP contribution in [0.3, 0.4) is 0 Å². The molecule has 1 aromatic rings. The van der Waals surface area contributed by atoms with Crippen LogP contribution in [0.4, 0.5) is 0 Å². The normalized spacial score (nSPS) is 25.0. The molecule has 3 rings (SSSR count). The smallest absolute Gasteiger partial charge is 0.118 e. The summed E-state index contributed by atoms with van der Waals surface area (Å²) in [5, 5.41) is 0. The third-order valence-corrected chi connectivity index (χ3v) is 5.55. The summed E-state index contributed by atoms with van der Waals surface area (Å²) in [6.07, 6.45) is 6.39. The Morgan fingerprint density at radius 2 is 1.83 bits per heavy atom. The second-order valence-corrected chi connectivity index (χ2v) is 7.28. The first-order valence-electron chi connectivity index (χ1n) is 9.47. The average molecular weight is 319 g/mol. The molecule has 1 atom stereocenters. The van der Waals surface area contributed by atoms with Gasteiger partial charge in [-0.25, -0.2) is 0 Å². The second-order valence-electron chi connectivity index (χ2n) is 7.28. The summed E-state index contributed by atoms with van der Waals surface area (Å²) in [5.41, 5.74) is 0. The van der Waals surface area contributed by atoms with Crippen molar-refractivity contribution < 1.29 is 4.42 Å². The Morgan fingerprint density at radius 3 is 2.57 bits per heavy atom. The predicted molar refractivity (Wildman–Crippen MR) is 94.7 cm³/mol. The van der Waals surface area contributed by atoms with Crippen LogP contribution in [0.5, 0.6) is 0 Å². The molecule has 130 valence electrons. The summed E-state index contributed by atoms with van der Waals surface area (Å²) in [4.78, 5) is 7.75. The number of likely N-dealkylation sites (N-methyl/N-ethyl adjacent to an activating group) is 1. The van der Waals surface area contributed by atoms with Gasteiger partial charge in [0, 0.05) is 38.6 Å². The van der Waals surface area contributed by atoms with Gasteiger partial charge < -0.3 is 14.2 Å². The third kappa shape index (κ3) is 4.82. The zero-order valence-electron chi connectivity index (χ0n) is 15.0. The lowest BCUT2D eigenvalue weighted by Crippen LogP contribution is -2.47. The topological polar surface area (TPSA) is 22.9 Å². The molecule has 0 saturated carbocycles. The molecule has 0 bridgehead atoms. The minimum absolute atomic E-state index is 0.735. The number of furan rings is 1. The Morgan fingerprint density at radius 1 is 1.04 bits per heavy atom. The molecule has 23 heavy (non-hydrogen) atoms. The number of likely N-dealkylation sites (tertiary alicyclic amines) is 1. The highest BCUT2D eigenvalue weighted by molar-refractivity contribution is 5.07. The molecule has 0 amide bonds. The quantitative estimate of drug-likeness (QED) is 0.804. The summed E-state index contributed by atoms with van der Waals surface area (Å²) in [5.74, 6) is 2.26. The maximum atomic E-state index is 5.93. The van der Waals surface area contributed by atoms with Crippen LogP contribution in [0.2, 0.25) is 0 Å². The molecule has 3 heterocycles. The van der Waals surface area contributed by atoms with Gasteiger partial charge in [-0.2, -0.15) is 0 Å². The maximum absolute atomic E-state index is 5.93. The fourth-order valence-corrected chi connectivity index (χ4v) is 3.90. The summed E-state index contributed by atoms with van der Waals surface area (Å²) >= 11 is 0. The molecule has 1 aromatic heterocycles. The highest BCUT2D eigenvalue weighted by atomic mass is 16.3. The molecule has 0 N–H and O–H groups in total. The lowest BCUT2D eigenvalue weighted by molar-refractivity contribution is 0.0962. The van der Waals surface area contributed by atoms with Gasteiger partial charge in [0.15, 0.2) is 0 Å². The molecular formula is C19H33N3O. The summed E-state index contributed by atoms with van der Waals surface area (Å²) < 4.78 is 5.93. The van der Waals surface area contributed by atoms with Gasteiger partial charge in [0.25, 0.3) is 0 Å². The molecule has 0 radical (unpaired) electrons. The zero-order chi connectivity index (χ0) is 16.1. The van der Waals surface area contributed by atoms with Gasteiger partial charge in [-0.1, -0.05) is 13.3 Å². The number of hydrogen-bond donors (Lipinski definition) is 0. The van der Waals surface area contributed by atoms with Crippen molar-refractivity contribution in [2.45, 2.75) is 51.6 Å². The molecule has 4 nitrogen and oxygen atoms in total. The van der Waals surface area contributed by atoms with Gasteiger partial charge in [-0.3, -0.25) is 4.90 Å². The van der Waals surface area contributed by atoms with Crippen molar-refractivity contribution in [1.29, 1.82) is 0 Å². The lowest BCUT2D eigenvalue weighted by Gasteiger charge is -2.38. The van der Waals surface area contributed by atoms with E-state index in [0.717, 1.165) is 30.5 Å². The molecule has 4 heteroatoms. The molecule has 0 unspecified atom stereocenters. The van der Waals surface area contributed by atoms with E-state index in [1.165, 1.54) is 65.0 Å². The third-order valence-electron chi connectivity index (χ3n) is 5.55. The van der Waals surface area contributed by atoms with Gasteiger partial charge in [0.05, 0.1) is 6.54 Å². The minimum atomic E-state index is 0.735. The number of aryl methyl sites for hydroxylation is 1. The highest BCUT2D eigenvalue weighted by Gasteiger charge is 2.24. The van der Waals surface area contributed by atoms with E-state index in [0.29, 0.717) is 0 Å². The molecule has 2 saturated heterocycles. The van der Waals surface area contributed by atoms with Gasteiger partial charge in [-0.15, -0.1) is 0 Å². The van der Waals surface area contributed by atoms with E-state index in [4.69, 9.17) is 4.42 Å². The van der Waals surface area contributed by atoms with Crippen LogP contribution in [-0.4, -0.2) is 67.1 Å². The van der Waals surface area contributed by atoms with Crippen LogP contribution in [0.25, 0.3) is 0 Å². The number of piperidine rings is 1. The highest BCUT2D eigenvalue weighted by Crippen LogP contribution is 2.23. The van der Waals surface area contributed by atoms with Crippen molar-refractivity contribution in [2.24, 2.45) is 0 Å². The Balaban J connectivity index is 1.49. The van der Waals surface area contributed by atoms with Gasteiger partial charge >= 0.3 is 0 Å².